The molecule has 324 valence electrons. The molecular weight excluding hydrogens is 851 g/mol. The minimum atomic E-state index is -1.21. The van der Waals surface area contributed by atoms with Crippen LogP contribution in [0, 0.1) is 13.8 Å². The molecule has 0 aliphatic heterocycles. The molecular formula is C44H47Cl3N4O10. The van der Waals surface area contributed by atoms with E-state index in [1.54, 1.807) is 74.6 Å². The van der Waals surface area contributed by atoms with E-state index in [2.05, 4.69) is 9.97 Å². The number of carboxylic acids is 1. The minimum Gasteiger partial charge on any atom is -0.478 e. The van der Waals surface area contributed by atoms with E-state index in [-0.39, 0.29) is 28.8 Å². The zero-order valence-electron chi connectivity index (χ0n) is 34.2. The van der Waals surface area contributed by atoms with E-state index in [4.69, 9.17) is 54.1 Å². The van der Waals surface area contributed by atoms with E-state index in [0.29, 0.717) is 46.9 Å². The Kier molecular flexibility index (Phi) is 17.6. The number of pyridine rings is 2. The van der Waals surface area contributed by atoms with Gasteiger partial charge in [-0.25, -0.2) is 19.2 Å². The molecule has 2 amide bonds. The van der Waals surface area contributed by atoms with Gasteiger partial charge in [-0.15, -0.1) is 0 Å². The zero-order valence-corrected chi connectivity index (χ0v) is 36.5. The van der Waals surface area contributed by atoms with Gasteiger partial charge in [0.15, 0.2) is 17.6 Å². The van der Waals surface area contributed by atoms with Gasteiger partial charge in [-0.1, -0.05) is 71.2 Å². The van der Waals surface area contributed by atoms with Crippen molar-refractivity contribution in [2.24, 2.45) is 0 Å². The molecule has 4 aromatic rings. The van der Waals surface area contributed by atoms with Crippen molar-refractivity contribution < 1.29 is 48.1 Å². The van der Waals surface area contributed by atoms with Crippen molar-refractivity contribution >= 4 is 70.5 Å². The van der Waals surface area contributed by atoms with Crippen molar-refractivity contribution in [1.82, 2.24) is 19.8 Å². The second-order valence-corrected chi connectivity index (χ2v) is 15.3. The predicted octanol–water partition coefficient (Wildman–Crippen LogP) is 9.30. The summed E-state index contributed by atoms with van der Waals surface area (Å²) < 4.78 is 15.0. The third-order valence-electron chi connectivity index (χ3n) is 10.5. The quantitative estimate of drug-likeness (QED) is 0.0956. The maximum absolute atomic E-state index is 13.0. The highest BCUT2D eigenvalue weighted by atomic mass is 35.5. The molecule has 1 N–H and O–H groups in total. The van der Waals surface area contributed by atoms with Crippen molar-refractivity contribution in [2.75, 3.05) is 27.0 Å². The normalized spacial score (nSPS) is 18.2. The third-order valence-corrected chi connectivity index (χ3v) is 11.3. The first-order chi connectivity index (χ1) is 29.1. The van der Waals surface area contributed by atoms with Crippen molar-refractivity contribution in [3.8, 4) is 0 Å². The topological polar surface area (TPSA) is 183 Å². The van der Waals surface area contributed by atoms with Crippen LogP contribution in [0.1, 0.15) is 94.6 Å². The van der Waals surface area contributed by atoms with Gasteiger partial charge in [-0.05, 0) is 88.8 Å². The fourth-order valence-corrected chi connectivity index (χ4v) is 7.89. The Morgan fingerprint density at radius 2 is 1.10 bits per heavy atom. The molecule has 2 aliphatic rings. The summed E-state index contributed by atoms with van der Waals surface area (Å²) in [5.41, 5.74) is 0.999. The molecule has 0 spiro atoms. The summed E-state index contributed by atoms with van der Waals surface area (Å²) in [5.74, 6) is -1.71. The van der Waals surface area contributed by atoms with Gasteiger partial charge in [-0.3, -0.25) is 29.4 Å². The lowest BCUT2D eigenvalue weighted by atomic mass is 9.74. The van der Waals surface area contributed by atoms with E-state index < -0.39 is 42.0 Å². The number of carboxylic acid groups (broad SMARTS) is 1. The van der Waals surface area contributed by atoms with E-state index in [9.17, 15) is 28.8 Å². The van der Waals surface area contributed by atoms with Crippen molar-refractivity contribution in [2.45, 2.75) is 76.3 Å². The number of carbonyl (C=O) groups is 6. The Balaban J connectivity index is 0.000000228. The summed E-state index contributed by atoms with van der Waals surface area (Å²) in [7, 11) is 3.06. The van der Waals surface area contributed by atoms with Gasteiger partial charge >= 0.3 is 24.1 Å². The molecule has 2 saturated carbocycles. The monoisotopic (exact) mass is 896 g/mol. The minimum absolute atomic E-state index is 0.0177. The highest BCUT2D eigenvalue weighted by Gasteiger charge is 2.50. The number of nitrogens with zero attached hydrogens (tertiary/aromatic N) is 4. The molecule has 2 fully saturated rings. The molecule has 2 aromatic carbocycles. The average Bonchev–Trinajstić information content (AvgIpc) is 3.25. The number of ether oxygens (including phenoxy) is 3. The van der Waals surface area contributed by atoms with Crippen molar-refractivity contribution in [3.63, 3.8) is 0 Å². The Morgan fingerprint density at radius 3 is 1.49 bits per heavy atom. The van der Waals surface area contributed by atoms with Gasteiger partial charge in [0.2, 0.25) is 6.79 Å². The number of likely N-dealkylation sites (N-methyl/N-ethyl adjacent to an activating group) is 2. The SMILES string of the molecule is CN(C(=O)OCCl)[C@]1(c2ccccc2Cl)CCCCC1=O.Cc1ccc(C(=O)O)cn1.Cc1ccc(C(=O)OCOC(=O)N(C)[C@]2(c3ccccc3Cl)CCCCC2=O)cn1. The number of Topliss-reactive ketones (excluding diaryl/α,β-unsaturated/α-hetero) is 2. The van der Waals surface area contributed by atoms with Crippen molar-refractivity contribution in [3.05, 3.63) is 129 Å². The Bertz CT molecular complexity index is 2190. The van der Waals surface area contributed by atoms with Crippen LogP contribution < -0.4 is 0 Å². The third kappa shape index (κ3) is 11.6. The van der Waals surface area contributed by atoms with Gasteiger partial charge in [0, 0.05) is 71.9 Å². The first-order valence-electron chi connectivity index (χ1n) is 19.3. The van der Waals surface area contributed by atoms with Crippen LogP contribution in [0.5, 0.6) is 0 Å². The summed E-state index contributed by atoms with van der Waals surface area (Å²) in [6.07, 6.45) is 6.26. The second kappa shape index (κ2) is 22.3. The summed E-state index contributed by atoms with van der Waals surface area (Å²) in [6.45, 7) is 3.03. The Hall–Kier alpha value is -5.57. The van der Waals surface area contributed by atoms with Gasteiger partial charge < -0.3 is 19.3 Å². The summed E-state index contributed by atoms with van der Waals surface area (Å²) >= 11 is 18.1. The molecule has 14 nitrogen and oxygen atoms in total. The number of ketones is 2. The average molecular weight is 898 g/mol. The maximum atomic E-state index is 13.0. The fourth-order valence-electron chi connectivity index (χ4n) is 7.21. The van der Waals surface area contributed by atoms with E-state index in [1.165, 1.54) is 35.3 Å². The molecule has 2 aliphatic carbocycles. The number of aryl methyl sites for hydroxylation is 2. The smallest absolute Gasteiger partial charge is 0.413 e. The van der Waals surface area contributed by atoms with Crippen LogP contribution >= 0.6 is 34.8 Å². The fraction of sp³-hybridized carbons (Fsp3) is 0.364. The highest BCUT2D eigenvalue weighted by molar-refractivity contribution is 6.32. The van der Waals surface area contributed by atoms with E-state index in [0.717, 1.165) is 37.1 Å². The second-order valence-electron chi connectivity index (χ2n) is 14.2. The van der Waals surface area contributed by atoms with Crippen LogP contribution in [0.15, 0.2) is 85.2 Å². The maximum Gasteiger partial charge on any atom is 0.413 e. The van der Waals surface area contributed by atoms with Crippen LogP contribution in [0.2, 0.25) is 10.0 Å². The van der Waals surface area contributed by atoms with Gasteiger partial charge in [0.05, 0.1) is 11.1 Å². The zero-order chi connectivity index (χ0) is 44.7. The predicted molar refractivity (Wildman–Crippen MR) is 228 cm³/mol. The molecule has 6 rings (SSSR count). The molecule has 2 atom stereocenters. The lowest BCUT2D eigenvalue weighted by molar-refractivity contribution is -0.134. The van der Waals surface area contributed by atoms with Crippen LogP contribution in [0.3, 0.4) is 0 Å². The number of aromatic carboxylic acids is 1. The Labute approximate surface area is 369 Å². The standard InChI is InChI=1S/C22H23ClN2O5.C15H17Cl2NO3.C7H7NO2/c1-15-10-11-16(13-24-15)20(27)29-14-30-21(28)25(2)22(12-6-5-9-19(22)26)17-7-3-4-8-18(17)23;1-18(14(20)21-10-16)15(9-5-4-8-13(15)19)11-6-2-3-7-12(11)17;1-5-2-3-6(4-8-5)7(9)10/h3-4,7-8,10-11,13H,5-6,9,12,14H2,1-2H3;2-3,6-7H,4-5,8-10H2,1H3;2-4H,1H3,(H,9,10)/t22-;15-;/m00./s1. The first kappa shape index (κ1) is 48.1. The summed E-state index contributed by atoms with van der Waals surface area (Å²) in [5, 5.41) is 9.31. The highest BCUT2D eigenvalue weighted by Crippen LogP contribution is 2.44. The number of benzene rings is 2. The van der Waals surface area contributed by atoms with E-state index >= 15 is 0 Å². The summed E-state index contributed by atoms with van der Waals surface area (Å²) in [6, 6.07) is 20.3. The van der Waals surface area contributed by atoms with Crippen LogP contribution in [0.25, 0.3) is 0 Å². The molecule has 0 saturated heterocycles. The van der Waals surface area contributed by atoms with Crippen LogP contribution in [-0.4, -0.2) is 87.5 Å². The molecule has 0 unspecified atom stereocenters. The molecule has 61 heavy (non-hydrogen) atoms. The number of carbonyl (C=O) groups excluding carboxylic acids is 5. The van der Waals surface area contributed by atoms with Gasteiger partial charge in [-0.2, -0.15) is 0 Å². The molecule has 0 bridgehead atoms. The lowest BCUT2D eigenvalue weighted by Gasteiger charge is -2.43. The van der Waals surface area contributed by atoms with Crippen LogP contribution in [0.4, 0.5) is 9.59 Å². The largest absolute Gasteiger partial charge is 0.478 e. The summed E-state index contributed by atoms with van der Waals surface area (Å²) in [4.78, 5) is 83.3. The number of hydrogen-bond acceptors (Lipinski definition) is 11. The number of amides is 2. The van der Waals surface area contributed by atoms with Crippen molar-refractivity contribution in [1.29, 1.82) is 0 Å². The number of rotatable bonds is 9. The number of hydrogen-bond donors (Lipinski definition) is 1. The number of halogens is 3. The van der Waals surface area contributed by atoms with Gasteiger partial charge in [0.25, 0.3) is 0 Å². The lowest BCUT2D eigenvalue weighted by Crippen LogP contribution is -2.54. The van der Waals surface area contributed by atoms with Gasteiger partial charge in [0.1, 0.15) is 11.1 Å². The molecule has 17 heteroatoms. The number of alkyl halides is 1. The molecule has 2 aromatic heterocycles. The number of esters is 1. The molecule has 0 radical (unpaired) electrons. The van der Waals surface area contributed by atoms with Crippen LogP contribution in [-0.2, 0) is 34.9 Å². The van der Waals surface area contributed by atoms with E-state index in [1.807, 2.05) is 13.0 Å². The molecule has 2 heterocycles. The first-order valence-corrected chi connectivity index (χ1v) is 20.6. The number of aromatic nitrogens is 2. The Morgan fingerprint density at radius 1 is 0.656 bits per heavy atom.